The first-order chi connectivity index (χ1) is 6.72. The third kappa shape index (κ3) is 4.53. The molecule has 0 aromatic heterocycles. The summed E-state index contributed by atoms with van der Waals surface area (Å²) >= 11 is 0. The van der Waals surface area contributed by atoms with E-state index in [-0.39, 0.29) is 0 Å². The first-order valence-corrected chi connectivity index (χ1v) is 6.98. The Kier molecular flexibility index (Phi) is 5.67. The maximum atomic E-state index is 11.2. The molecule has 0 saturated carbocycles. The molecular weight excluding hydrogens is 196 g/mol. The first-order valence-electron chi connectivity index (χ1n) is 5.49. The Morgan fingerprint density at radius 2 is 2.07 bits per heavy atom. The Balaban J connectivity index is 2.04. The van der Waals surface area contributed by atoms with Crippen LogP contribution in [0.2, 0.25) is 0 Å². The molecule has 0 spiro atoms. The number of rotatable bonds is 5. The quantitative estimate of drug-likeness (QED) is 0.727. The van der Waals surface area contributed by atoms with Crippen LogP contribution in [0.5, 0.6) is 0 Å². The molecule has 1 rings (SSSR count). The third-order valence-electron chi connectivity index (χ3n) is 2.80. The fraction of sp³-hybridized carbons (Fsp3) is 1.00. The van der Waals surface area contributed by atoms with Crippen LogP contribution < -0.4 is 5.32 Å². The fourth-order valence-corrected chi connectivity index (χ4v) is 2.37. The van der Waals surface area contributed by atoms with E-state index in [0.717, 1.165) is 18.1 Å². The molecule has 3 nitrogen and oxygen atoms in total. The zero-order chi connectivity index (χ0) is 10.4. The maximum absolute atomic E-state index is 11.2. The van der Waals surface area contributed by atoms with Gasteiger partial charge in [0.1, 0.15) is 0 Å². The van der Waals surface area contributed by atoms with E-state index < -0.39 is 10.8 Å². The number of hydrogen-bond acceptors (Lipinski definition) is 3. The second kappa shape index (κ2) is 6.53. The van der Waals surface area contributed by atoms with Crippen molar-refractivity contribution in [2.24, 2.45) is 0 Å². The van der Waals surface area contributed by atoms with Gasteiger partial charge in [0.05, 0.1) is 0 Å². The topological polar surface area (TPSA) is 32.3 Å². The molecule has 0 aliphatic carbocycles. The van der Waals surface area contributed by atoms with Crippen molar-refractivity contribution in [1.29, 1.82) is 0 Å². The van der Waals surface area contributed by atoms with E-state index in [9.17, 15) is 4.21 Å². The molecule has 1 heterocycles. The summed E-state index contributed by atoms with van der Waals surface area (Å²) in [4.78, 5) is 2.36. The molecule has 1 aliphatic rings. The van der Waals surface area contributed by atoms with Crippen molar-refractivity contribution in [2.45, 2.75) is 25.8 Å². The number of piperidine rings is 1. The minimum Gasteiger partial charge on any atom is -0.313 e. The number of hydrogen-bond donors (Lipinski definition) is 1. The highest BCUT2D eigenvalue weighted by Crippen LogP contribution is 2.07. The van der Waals surface area contributed by atoms with Crippen molar-refractivity contribution in [3.8, 4) is 0 Å². The number of nitrogens with zero attached hydrogens (tertiary/aromatic N) is 1. The van der Waals surface area contributed by atoms with Gasteiger partial charge < -0.3 is 10.2 Å². The summed E-state index contributed by atoms with van der Waals surface area (Å²) in [5.74, 6) is 1.60. The summed E-state index contributed by atoms with van der Waals surface area (Å²) < 4.78 is 11.2. The lowest BCUT2D eigenvalue weighted by Crippen LogP contribution is -2.42. The van der Waals surface area contributed by atoms with E-state index in [0.29, 0.717) is 6.04 Å². The summed E-state index contributed by atoms with van der Waals surface area (Å²) in [6.45, 7) is 5.27. The highest BCUT2D eigenvalue weighted by atomic mass is 32.2. The standard InChI is InChI=1S/C10H22N2OS/c1-3-14(13)9-6-11-10-4-7-12(2)8-5-10/h10-11H,3-9H2,1-2H3. The smallest absolute Gasteiger partial charge is 0.0360 e. The van der Waals surface area contributed by atoms with Gasteiger partial charge in [0.2, 0.25) is 0 Å². The van der Waals surface area contributed by atoms with Crippen molar-refractivity contribution in [3.05, 3.63) is 0 Å². The average Bonchev–Trinajstić information content (AvgIpc) is 2.21. The van der Waals surface area contributed by atoms with Gasteiger partial charge in [-0.05, 0) is 33.0 Å². The molecule has 4 heteroatoms. The minimum atomic E-state index is -0.611. The zero-order valence-corrected chi connectivity index (χ0v) is 10.1. The summed E-state index contributed by atoms with van der Waals surface area (Å²) in [6, 6.07) is 0.653. The molecule has 1 N–H and O–H groups in total. The van der Waals surface area contributed by atoms with E-state index in [1.807, 2.05) is 6.92 Å². The zero-order valence-electron chi connectivity index (χ0n) is 9.29. The molecule has 0 aromatic carbocycles. The van der Waals surface area contributed by atoms with Crippen LogP contribution in [-0.2, 0) is 10.8 Å². The van der Waals surface area contributed by atoms with Gasteiger partial charge in [-0.3, -0.25) is 4.21 Å². The van der Waals surface area contributed by atoms with Crippen LogP contribution in [0, 0.1) is 0 Å². The molecule has 1 atom stereocenters. The maximum Gasteiger partial charge on any atom is 0.0360 e. The number of nitrogens with one attached hydrogen (secondary N) is 1. The first kappa shape index (κ1) is 12.1. The van der Waals surface area contributed by atoms with E-state index in [4.69, 9.17) is 0 Å². The monoisotopic (exact) mass is 218 g/mol. The molecule has 1 saturated heterocycles. The predicted octanol–water partition coefficient (Wildman–Crippen LogP) is 0.439. The van der Waals surface area contributed by atoms with Crippen LogP contribution in [0.25, 0.3) is 0 Å². The Bertz CT molecular complexity index is 179. The lowest BCUT2D eigenvalue weighted by molar-refractivity contribution is 0.236. The molecule has 1 unspecified atom stereocenters. The van der Waals surface area contributed by atoms with Gasteiger partial charge in [-0.15, -0.1) is 0 Å². The van der Waals surface area contributed by atoms with E-state index >= 15 is 0 Å². The molecule has 0 aromatic rings. The van der Waals surface area contributed by atoms with Gasteiger partial charge >= 0.3 is 0 Å². The summed E-state index contributed by atoms with van der Waals surface area (Å²) in [5, 5.41) is 3.49. The van der Waals surface area contributed by atoms with Crippen molar-refractivity contribution >= 4 is 10.8 Å². The lowest BCUT2D eigenvalue weighted by Gasteiger charge is -2.29. The number of likely N-dealkylation sites (tertiary alicyclic amines) is 1. The lowest BCUT2D eigenvalue weighted by atomic mass is 10.1. The largest absolute Gasteiger partial charge is 0.313 e. The second-order valence-corrected chi connectivity index (χ2v) is 5.83. The van der Waals surface area contributed by atoms with E-state index in [1.165, 1.54) is 25.9 Å². The van der Waals surface area contributed by atoms with E-state index in [1.54, 1.807) is 0 Å². The minimum absolute atomic E-state index is 0.611. The summed E-state index contributed by atoms with van der Waals surface area (Å²) in [7, 11) is 1.56. The van der Waals surface area contributed by atoms with Gasteiger partial charge in [0.25, 0.3) is 0 Å². The Hall–Kier alpha value is 0.0700. The van der Waals surface area contributed by atoms with Crippen molar-refractivity contribution in [2.75, 3.05) is 38.2 Å². The summed E-state index contributed by atoms with van der Waals surface area (Å²) in [6.07, 6.45) is 2.46. The summed E-state index contributed by atoms with van der Waals surface area (Å²) in [5.41, 5.74) is 0. The molecule has 14 heavy (non-hydrogen) atoms. The molecule has 0 radical (unpaired) electrons. The van der Waals surface area contributed by atoms with Crippen LogP contribution in [0.4, 0.5) is 0 Å². The fourth-order valence-electron chi connectivity index (χ4n) is 1.73. The van der Waals surface area contributed by atoms with Crippen LogP contribution in [-0.4, -0.2) is 53.3 Å². The molecule has 84 valence electrons. The van der Waals surface area contributed by atoms with E-state index in [2.05, 4.69) is 17.3 Å². The molecule has 1 aliphatic heterocycles. The van der Waals surface area contributed by atoms with Gasteiger partial charge in [-0.2, -0.15) is 0 Å². The van der Waals surface area contributed by atoms with Gasteiger partial charge in [0, 0.05) is 34.9 Å². The highest BCUT2D eigenvalue weighted by Gasteiger charge is 2.15. The Morgan fingerprint density at radius 1 is 1.43 bits per heavy atom. The normalized spacial score (nSPS) is 22.4. The third-order valence-corrected chi connectivity index (χ3v) is 4.11. The van der Waals surface area contributed by atoms with Crippen molar-refractivity contribution in [3.63, 3.8) is 0 Å². The van der Waals surface area contributed by atoms with Crippen LogP contribution in [0.15, 0.2) is 0 Å². The van der Waals surface area contributed by atoms with Crippen molar-refractivity contribution < 1.29 is 4.21 Å². The molecule has 1 fully saturated rings. The SMILES string of the molecule is CCS(=O)CCNC1CCN(C)CC1. The van der Waals surface area contributed by atoms with Crippen LogP contribution in [0.1, 0.15) is 19.8 Å². The molecule has 0 bridgehead atoms. The van der Waals surface area contributed by atoms with Gasteiger partial charge in [-0.1, -0.05) is 6.92 Å². The molecular formula is C10H22N2OS. The van der Waals surface area contributed by atoms with Crippen LogP contribution in [0.3, 0.4) is 0 Å². The highest BCUT2D eigenvalue weighted by molar-refractivity contribution is 7.84. The predicted molar refractivity (Wildman–Crippen MR) is 62.1 cm³/mol. The van der Waals surface area contributed by atoms with Gasteiger partial charge in [0.15, 0.2) is 0 Å². The van der Waals surface area contributed by atoms with Crippen molar-refractivity contribution in [1.82, 2.24) is 10.2 Å². The van der Waals surface area contributed by atoms with Gasteiger partial charge in [-0.25, -0.2) is 0 Å². The van der Waals surface area contributed by atoms with Crippen LogP contribution >= 0.6 is 0 Å². The second-order valence-electron chi connectivity index (χ2n) is 3.96. The Labute approximate surface area is 89.7 Å². The Morgan fingerprint density at radius 3 is 2.64 bits per heavy atom. The molecule has 0 amide bonds. The average molecular weight is 218 g/mol.